The molecule has 144 valence electrons. The van der Waals surface area contributed by atoms with Crippen molar-refractivity contribution in [2.75, 3.05) is 38.3 Å². The van der Waals surface area contributed by atoms with E-state index in [9.17, 15) is 4.79 Å². The van der Waals surface area contributed by atoms with E-state index >= 15 is 0 Å². The number of anilines is 1. The predicted octanol–water partition coefficient (Wildman–Crippen LogP) is 3.33. The highest BCUT2D eigenvalue weighted by molar-refractivity contribution is 5.79. The summed E-state index contributed by atoms with van der Waals surface area (Å²) in [7, 11) is 1.68. The number of methoxy groups -OCH3 is 1. The number of piperazine rings is 1. The van der Waals surface area contributed by atoms with Gasteiger partial charge in [-0.2, -0.15) is 0 Å². The molecule has 2 aliphatic rings. The monoisotopic (exact) mass is 360 g/mol. The number of amides is 1. The lowest BCUT2D eigenvalue weighted by Gasteiger charge is -2.49. The van der Waals surface area contributed by atoms with Crippen molar-refractivity contribution in [3.05, 3.63) is 24.3 Å². The first-order valence-corrected chi connectivity index (χ1v) is 9.56. The molecule has 0 N–H and O–H groups in total. The molecule has 0 bridgehead atoms. The normalized spacial score (nSPS) is 25.0. The number of hydrogen-bond donors (Lipinski definition) is 0. The van der Waals surface area contributed by atoms with Gasteiger partial charge in [-0.25, -0.2) is 0 Å². The van der Waals surface area contributed by atoms with Crippen molar-refractivity contribution in [3.8, 4) is 5.75 Å². The molecule has 0 aromatic heterocycles. The van der Waals surface area contributed by atoms with Gasteiger partial charge in [0.1, 0.15) is 5.75 Å². The second-order valence-electron chi connectivity index (χ2n) is 8.72. The highest BCUT2D eigenvalue weighted by atomic mass is 16.5. The van der Waals surface area contributed by atoms with Crippen LogP contribution in [0.5, 0.6) is 5.75 Å². The second-order valence-corrected chi connectivity index (χ2v) is 8.72. The molecule has 2 saturated heterocycles. The summed E-state index contributed by atoms with van der Waals surface area (Å²) in [6, 6.07) is 8.18. The van der Waals surface area contributed by atoms with Crippen LogP contribution in [0.1, 0.15) is 40.5 Å². The molecule has 0 radical (unpaired) electrons. The molecular weight excluding hydrogens is 328 g/mol. The Hall–Kier alpha value is -1.75. The second kappa shape index (κ2) is 7.10. The van der Waals surface area contributed by atoms with Crippen molar-refractivity contribution in [2.45, 2.75) is 51.7 Å². The van der Waals surface area contributed by atoms with Gasteiger partial charge in [0.2, 0.25) is 5.91 Å². The Bertz CT molecular complexity index is 639. The molecule has 1 atom stereocenters. The van der Waals surface area contributed by atoms with Gasteiger partial charge in [-0.3, -0.25) is 4.79 Å². The fourth-order valence-electron chi connectivity index (χ4n) is 4.28. The molecule has 26 heavy (non-hydrogen) atoms. The molecule has 1 aromatic rings. The highest BCUT2D eigenvalue weighted by Gasteiger charge is 2.40. The van der Waals surface area contributed by atoms with Crippen LogP contribution in [0, 0.1) is 5.92 Å². The number of nitrogens with zero attached hydrogens (tertiary/aromatic N) is 2. The van der Waals surface area contributed by atoms with E-state index in [2.05, 4.69) is 49.6 Å². The Balaban J connectivity index is 1.68. The van der Waals surface area contributed by atoms with Gasteiger partial charge in [0.15, 0.2) is 0 Å². The topological polar surface area (TPSA) is 42.0 Å². The van der Waals surface area contributed by atoms with E-state index in [-0.39, 0.29) is 17.1 Å². The minimum Gasteiger partial charge on any atom is -0.497 e. The van der Waals surface area contributed by atoms with E-state index < -0.39 is 0 Å². The Morgan fingerprint density at radius 2 is 1.85 bits per heavy atom. The first kappa shape index (κ1) is 19.0. The molecule has 2 aliphatic heterocycles. The maximum absolute atomic E-state index is 13.1. The zero-order valence-corrected chi connectivity index (χ0v) is 16.7. The third-order valence-electron chi connectivity index (χ3n) is 5.64. The standard InChI is InChI=1S/C21H32N2O3/c1-20(2)15-22(19(24)16-10-13-26-21(3,4)14-16)11-12-23(20)17-6-8-18(25-5)9-7-17/h6-9,16H,10-15H2,1-5H3/t16-/m1/s1. The van der Waals surface area contributed by atoms with Crippen LogP contribution in [0.4, 0.5) is 5.69 Å². The summed E-state index contributed by atoms with van der Waals surface area (Å²) in [6.07, 6.45) is 1.65. The van der Waals surface area contributed by atoms with Crippen molar-refractivity contribution < 1.29 is 14.3 Å². The molecule has 2 fully saturated rings. The molecule has 0 spiro atoms. The van der Waals surface area contributed by atoms with Gasteiger partial charge < -0.3 is 19.3 Å². The summed E-state index contributed by atoms with van der Waals surface area (Å²) in [6.45, 7) is 11.6. The highest BCUT2D eigenvalue weighted by Crippen LogP contribution is 2.33. The average Bonchev–Trinajstić information content (AvgIpc) is 2.59. The van der Waals surface area contributed by atoms with Crippen LogP contribution < -0.4 is 9.64 Å². The summed E-state index contributed by atoms with van der Waals surface area (Å²) in [4.78, 5) is 17.5. The van der Waals surface area contributed by atoms with Crippen molar-refractivity contribution in [2.24, 2.45) is 5.92 Å². The third kappa shape index (κ3) is 3.98. The predicted molar refractivity (Wildman–Crippen MR) is 104 cm³/mol. The van der Waals surface area contributed by atoms with Gasteiger partial charge in [-0.1, -0.05) is 0 Å². The maximum atomic E-state index is 13.1. The van der Waals surface area contributed by atoms with Crippen LogP contribution in [0.3, 0.4) is 0 Å². The molecule has 0 aliphatic carbocycles. The summed E-state index contributed by atoms with van der Waals surface area (Å²) < 4.78 is 11.0. The van der Waals surface area contributed by atoms with Crippen molar-refractivity contribution in [1.82, 2.24) is 4.90 Å². The lowest BCUT2D eigenvalue weighted by molar-refractivity contribution is -0.146. The molecule has 1 aromatic carbocycles. The Morgan fingerprint density at radius 3 is 2.42 bits per heavy atom. The number of ether oxygens (including phenoxy) is 2. The SMILES string of the molecule is COc1ccc(N2CCN(C(=O)[C@@H]3CCOC(C)(C)C3)CC2(C)C)cc1. The summed E-state index contributed by atoms with van der Waals surface area (Å²) >= 11 is 0. The van der Waals surface area contributed by atoms with Gasteiger partial charge in [0.05, 0.1) is 18.2 Å². The van der Waals surface area contributed by atoms with E-state index in [4.69, 9.17) is 9.47 Å². The molecule has 5 heteroatoms. The smallest absolute Gasteiger partial charge is 0.226 e. The number of hydrogen-bond acceptors (Lipinski definition) is 4. The minimum atomic E-state index is -0.195. The van der Waals surface area contributed by atoms with Crippen LogP contribution in [0.25, 0.3) is 0 Å². The molecule has 1 amide bonds. The van der Waals surface area contributed by atoms with Crippen LogP contribution in [-0.2, 0) is 9.53 Å². The van der Waals surface area contributed by atoms with Gasteiger partial charge in [-0.15, -0.1) is 0 Å². The maximum Gasteiger partial charge on any atom is 0.226 e. The van der Waals surface area contributed by atoms with Crippen LogP contribution in [-0.4, -0.2) is 55.3 Å². The van der Waals surface area contributed by atoms with Gasteiger partial charge >= 0.3 is 0 Å². The zero-order chi connectivity index (χ0) is 18.9. The fourth-order valence-corrected chi connectivity index (χ4v) is 4.28. The Morgan fingerprint density at radius 1 is 1.15 bits per heavy atom. The van der Waals surface area contributed by atoms with Crippen molar-refractivity contribution in [1.29, 1.82) is 0 Å². The van der Waals surface area contributed by atoms with Crippen LogP contribution in [0.15, 0.2) is 24.3 Å². The quantitative estimate of drug-likeness (QED) is 0.829. The third-order valence-corrected chi connectivity index (χ3v) is 5.64. The number of carbonyl (C=O) groups excluding carboxylic acids is 1. The van der Waals surface area contributed by atoms with Gasteiger partial charge in [0, 0.05) is 37.8 Å². The Labute approximate surface area is 157 Å². The number of carbonyl (C=O) groups is 1. The van der Waals surface area contributed by atoms with Gasteiger partial charge in [-0.05, 0) is 64.8 Å². The first-order chi connectivity index (χ1) is 12.2. The van der Waals surface area contributed by atoms with Crippen molar-refractivity contribution >= 4 is 11.6 Å². The lowest BCUT2D eigenvalue weighted by Crippen LogP contribution is -2.61. The van der Waals surface area contributed by atoms with E-state index in [1.165, 1.54) is 5.69 Å². The number of rotatable bonds is 3. The first-order valence-electron chi connectivity index (χ1n) is 9.56. The Kier molecular flexibility index (Phi) is 5.20. The average molecular weight is 360 g/mol. The summed E-state index contributed by atoms with van der Waals surface area (Å²) in [5, 5.41) is 0. The van der Waals surface area contributed by atoms with Crippen molar-refractivity contribution in [3.63, 3.8) is 0 Å². The van der Waals surface area contributed by atoms with E-state index in [0.717, 1.165) is 38.2 Å². The lowest BCUT2D eigenvalue weighted by atomic mass is 9.86. The van der Waals surface area contributed by atoms with E-state index in [0.29, 0.717) is 12.5 Å². The zero-order valence-electron chi connectivity index (χ0n) is 16.7. The molecule has 3 rings (SSSR count). The van der Waals surface area contributed by atoms with Gasteiger partial charge in [0.25, 0.3) is 0 Å². The molecule has 2 heterocycles. The fraction of sp³-hybridized carbons (Fsp3) is 0.667. The molecule has 0 unspecified atom stereocenters. The minimum absolute atomic E-state index is 0.0853. The van der Waals surface area contributed by atoms with E-state index in [1.807, 2.05) is 12.1 Å². The van der Waals surface area contributed by atoms with E-state index in [1.54, 1.807) is 7.11 Å². The number of benzene rings is 1. The molecule has 5 nitrogen and oxygen atoms in total. The largest absolute Gasteiger partial charge is 0.497 e. The molecule has 0 saturated carbocycles. The summed E-state index contributed by atoms with van der Waals surface area (Å²) in [5.74, 6) is 1.24. The molecular formula is C21H32N2O3. The van der Waals surface area contributed by atoms with Crippen LogP contribution in [0.2, 0.25) is 0 Å². The van der Waals surface area contributed by atoms with Crippen LogP contribution >= 0.6 is 0 Å². The summed E-state index contributed by atoms with van der Waals surface area (Å²) in [5.41, 5.74) is 0.873.